The van der Waals surface area contributed by atoms with Crippen LogP contribution in [0.5, 0.6) is 0 Å². The molecule has 1 heterocycles. The van der Waals surface area contributed by atoms with E-state index in [1.54, 1.807) is 36.4 Å². The quantitative estimate of drug-likeness (QED) is 0.527. The number of carboxylic acid groups (broad SMARTS) is 1. The van der Waals surface area contributed by atoms with E-state index in [9.17, 15) is 24.3 Å². The van der Waals surface area contributed by atoms with Crippen molar-refractivity contribution in [3.8, 4) is 0 Å². The van der Waals surface area contributed by atoms with Gasteiger partial charge in [0.25, 0.3) is 11.8 Å². The van der Waals surface area contributed by atoms with E-state index in [-0.39, 0.29) is 24.0 Å². The number of aliphatic carboxylic acids is 1. The lowest BCUT2D eigenvalue weighted by Gasteiger charge is -2.22. The number of hydrogen-bond donors (Lipinski definition) is 3. The molecule has 3 rings (SSSR count). The third-order valence-corrected chi connectivity index (χ3v) is 4.26. The smallest absolute Gasteiger partial charge is 0.326 e. The van der Waals surface area contributed by atoms with E-state index < -0.39 is 29.7 Å². The van der Waals surface area contributed by atoms with Crippen LogP contribution in [0, 0.1) is 0 Å². The van der Waals surface area contributed by atoms with Crippen molar-refractivity contribution in [2.45, 2.75) is 18.9 Å². The predicted molar refractivity (Wildman–Crippen MR) is 97.1 cm³/mol. The molecule has 1 aliphatic heterocycles. The lowest BCUT2D eigenvalue weighted by Crippen LogP contribution is -2.45. The number of benzene rings is 2. The number of fused-ring (bicyclic) bond motifs is 1. The summed E-state index contributed by atoms with van der Waals surface area (Å²) in [6.07, 6.45) is -0.365. The van der Waals surface area contributed by atoms with Crippen LogP contribution in [-0.2, 0) is 9.59 Å². The van der Waals surface area contributed by atoms with Gasteiger partial charge < -0.3 is 16.2 Å². The number of carbonyl (C=O) groups excluding carboxylic acids is 3. The van der Waals surface area contributed by atoms with E-state index in [1.165, 1.54) is 12.1 Å². The van der Waals surface area contributed by atoms with Crippen molar-refractivity contribution in [1.82, 2.24) is 4.90 Å². The minimum absolute atomic E-state index is 0.167. The van der Waals surface area contributed by atoms with Crippen molar-refractivity contribution in [3.05, 3.63) is 59.7 Å². The molecule has 1 aliphatic rings. The SMILES string of the molecule is Nc1ccc(NC(=O)CC[C@@H](C(=O)O)N2C(=O)c3ccccc3C2=O)cc1. The van der Waals surface area contributed by atoms with Crippen LogP contribution in [0.2, 0.25) is 0 Å². The van der Waals surface area contributed by atoms with E-state index in [0.717, 1.165) is 0 Å². The number of rotatable bonds is 6. The molecular weight excluding hydrogens is 350 g/mol. The zero-order valence-corrected chi connectivity index (χ0v) is 14.2. The molecule has 3 amide bonds. The van der Waals surface area contributed by atoms with Crippen molar-refractivity contribution in [2.24, 2.45) is 0 Å². The maximum absolute atomic E-state index is 12.5. The Morgan fingerprint density at radius 3 is 2.07 bits per heavy atom. The first-order valence-corrected chi connectivity index (χ1v) is 8.23. The van der Waals surface area contributed by atoms with Gasteiger partial charge in [0.2, 0.25) is 5.91 Å². The van der Waals surface area contributed by atoms with Gasteiger partial charge in [-0.05, 0) is 42.8 Å². The molecule has 0 aliphatic carbocycles. The number of carboxylic acids is 1. The summed E-state index contributed by atoms with van der Waals surface area (Å²) >= 11 is 0. The molecular formula is C19H17N3O5. The summed E-state index contributed by atoms with van der Waals surface area (Å²) < 4.78 is 0. The van der Waals surface area contributed by atoms with Gasteiger partial charge in [-0.15, -0.1) is 0 Å². The molecule has 0 bridgehead atoms. The first kappa shape index (κ1) is 18.1. The van der Waals surface area contributed by atoms with Crippen LogP contribution in [0.25, 0.3) is 0 Å². The average Bonchev–Trinajstić information content (AvgIpc) is 2.89. The number of hydrogen-bond acceptors (Lipinski definition) is 5. The van der Waals surface area contributed by atoms with Crippen molar-refractivity contribution in [1.29, 1.82) is 0 Å². The highest BCUT2D eigenvalue weighted by atomic mass is 16.4. The third kappa shape index (κ3) is 3.64. The van der Waals surface area contributed by atoms with Crippen LogP contribution in [0.15, 0.2) is 48.5 Å². The number of nitrogens with one attached hydrogen (secondary N) is 1. The Balaban J connectivity index is 1.69. The normalized spacial score (nSPS) is 14.0. The van der Waals surface area contributed by atoms with Gasteiger partial charge >= 0.3 is 5.97 Å². The Bertz CT molecular complexity index is 888. The fourth-order valence-corrected chi connectivity index (χ4v) is 2.91. The van der Waals surface area contributed by atoms with Gasteiger partial charge in [-0.25, -0.2) is 4.79 Å². The number of imide groups is 1. The number of amides is 3. The number of nitrogens with zero attached hydrogens (tertiary/aromatic N) is 1. The molecule has 1 atom stereocenters. The van der Waals surface area contributed by atoms with Crippen LogP contribution in [0.4, 0.5) is 11.4 Å². The minimum Gasteiger partial charge on any atom is -0.480 e. The second-order valence-corrected chi connectivity index (χ2v) is 6.09. The predicted octanol–water partition coefficient (Wildman–Crippen LogP) is 1.74. The Morgan fingerprint density at radius 1 is 1.00 bits per heavy atom. The Hall–Kier alpha value is -3.68. The molecule has 2 aromatic rings. The minimum atomic E-state index is -1.42. The maximum Gasteiger partial charge on any atom is 0.326 e. The van der Waals surface area contributed by atoms with Crippen molar-refractivity contribution < 1.29 is 24.3 Å². The van der Waals surface area contributed by atoms with Crippen LogP contribution < -0.4 is 11.1 Å². The Morgan fingerprint density at radius 2 is 1.56 bits per heavy atom. The summed E-state index contributed by atoms with van der Waals surface area (Å²) in [5.74, 6) is -3.10. The highest BCUT2D eigenvalue weighted by Gasteiger charge is 2.42. The molecule has 0 saturated carbocycles. The van der Waals surface area contributed by atoms with E-state index >= 15 is 0 Å². The number of nitrogen functional groups attached to an aromatic ring is 1. The van der Waals surface area contributed by atoms with Gasteiger partial charge in [-0.1, -0.05) is 12.1 Å². The molecule has 0 spiro atoms. The van der Waals surface area contributed by atoms with Crippen molar-refractivity contribution >= 4 is 35.1 Å². The Labute approximate surface area is 154 Å². The monoisotopic (exact) mass is 367 g/mol. The highest BCUT2D eigenvalue weighted by Crippen LogP contribution is 2.26. The second-order valence-electron chi connectivity index (χ2n) is 6.09. The van der Waals surface area contributed by atoms with Gasteiger partial charge in [0, 0.05) is 17.8 Å². The zero-order chi connectivity index (χ0) is 19.6. The van der Waals surface area contributed by atoms with Gasteiger partial charge in [-0.2, -0.15) is 0 Å². The topological polar surface area (TPSA) is 130 Å². The zero-order valence-electron chi connectivity index (χ0n) is 14.2. The largest absolute Gasteiger partial charge is 0.480 e. The number of nitrogens with two attached hydrogens (primary N) is 1. The van der Waals surface area contributed by atoms with Gasteiger partial charge in [0.05, 0.1) is 11.1 Å². The average molecular weight is 367 g/mol. The first-order chi connectivity index (χ1) is 12.9. The maximum atomic E-state index is 12.5. The molecule has 8 heteroatoms. The van der Waals surface area contributed by atoms with Crippen molar-refractivity contribution in [3.63, 3.8) is 0 Å². The van der Waals surface area contributed by atoms with Crippen LogP contribution in [0.3, 0.4) is 0 Å². The molecule has 138 valence electrons. The van der Waals surface area contributed by atoms with E-state index in [0.29, 0.717) is 16.3 Å². The van der Waals surface area contributed by atoms with Gasteiger partial charge in [-0.3, -0.25) is 19.3 Å². The second kappa shape index (κ2) is 7.28. The molecule has 4 N–H and O–H groups in total. The summed E-state index contributed by atoms with van der Waals surface area (Å²) in [4.78, 5) is 49.4. The molecule has 0 saturated heterocycles. The molecule has 2 aromatic carbocycles. The van der Waals surface area contributed by atoms with Crippen LogP contribution in [-0.4, -0.2) is 39.7 Å². The van der Waals surface area contributed by atoms with E-state index in [2.05, 4.69) is 5.32 Å². The highest BCUT2D eigenvalue weighted by molar-refractivity contribution is 6.22. The standard InChI is InChI=1S/C19H17N3O5/c20-11-5-7-12(8-6-11)21-16(23)10-9-15(19(26)27)22-17(24)13-3-1-2-4-14(13)18(22)25/h1-8,15H,9-10,20H2,(H,21,23)(H,26,27)/t15-/m0/s1. The van der Waals surface area contributed by atoms with Crippen LogP contribution >= 0.6 is 0 Å². The number of carbonyl (C=O) groups is 4. The molecule has 8 nitrogen and oxygen atoms in total. The summed E-state index contributed by atoms with van der Waals surface area (Å²) in [7, 11) is 0. The van der Waals surface area contributed by atoms with Gasteiger partial charge in [0.1, 0.15) is 6.04 Å². The lowest BCUT2D eigenvalue weighted by atomic mass is 10.1. The summed E-state index contributed by atoms with van der Waals surface area (Å²) in [6.45, 7) is 0. The summed E-state index contributed by atoms with van der Waals surface area (Å²) in [6, 6.07) is 11.2. The number of anilines is 2. The molecule has 0 fully saturated rings. The van der Waals surface area contributed by atoms with Crippen LogP contribution in [0.1, 0.15) is 33.6 Å². The fourth-order valence-electron chi connectivity index (χ4n) is 2.91. The molecule has 27 heavy (non-hydrogen) atoms. The lowest BCUT2D eigenvalue weighted by molar-refractivity contribution is -0.141. The molecule has 0 aromatic heterocycles. The van der Waals surface area contributed by atoms with E-state index in [4.69, 9.17) is 5.73 Å². The fraction of sp³-hybridized carbons (Fsp3) is 0.158. The Kier molecular flexibility index (Phi) is 4.89. The van der Waals surface area contributed by atoms with Crippen molar-refractivity contribution in [2.75, 3.05) is 11.1 Å². The summed E-state index contributed by atoms with van der Waals surface area (Å²) in [5, 5.41) is 12.1. The summed E-state index contributed by atoms with van der Waals surface area (Å²) in [5.41, 5.74) is 6.97. The molecule has 0 unspecified atom stereocenters. The van der Waals surface area contributed by atoms with Gasteiger partial charge in [0.15, 0.2) is 0 Å². The third-order valence-electron chi connectivity index (χ3n) is 4.26. The van der Waals surface area contributed by atoms with E-state index in [1.807, 2.05) is 0 Å². The first-order valence-electron chi connectivity index (χ1n) is 8.23. The molecule has 0 radical (unpaired) electrons.